The number of hydrogen-bond acceptors (Lipinski definition) is 11. The zero-order valence-electron chi connectivity index (χ0n) is 52.9. The number of likely N-dealkylation sites (tertiary alicyclic amines) is 2. The third-order valence-corrected chi connectivity index (χ3v) is 15.2. The Labute approximate surface area is 661 Å². The first-order chi connectivity index (χ1) is 43.2. The number of hydrogen-bond donors (Lipinski definition) is 5. The Morgan fingerprint density at radius 2 is 0.957 bits per heavy atom. The van der Waals surface area contributed by atoms with Gasteiger partial charge < -0.3 is 48.3 Å². The topological polar surface area (TPSA) is 229 Å². The second-order valence-electron chi connectivity index (χ2n) is 21.7. The van der Waals surface area contributed by atoms with Crippen LogP contribution in [0, 0.1) is 11.8 Å². The van der Waals surface area contributed by atoms with E-state index >= 15 is 0 Å². The molecule has 10 rings (SSSR count). The molecular weight excluding hydrogens is 1350 g/mol. The minimum atomic E-state index is -4.62. The summed E-state index contributed by atoms with van der Waals surface area (Å²) < 4.78 is 145. The van der Waals surface area contributed by atoms with Gasteiger partial charge in [0.25, 0.3) is 23.7 Å². The number of carbonyl (C=O) groups excluding carboxylic acids is 3. The van der Waals surface area contributed by atoms with Crippen LogP contribution in [0.1, 0.15) is 108 Å². The van der Waals surface area contributed by atoms with Crippen LogP contribution in [0.5, 0.6) is 11.5 Å². The van der Waals surface area contributed by atoms with Crippen LogP contribution in [0.4, 0.5) is 55.5 Å². The molecule has 4 atom stereocenters. The number of piperidine rings is 2. The van der Waals surface area contributed by atoms with Gasteiger partial charge in [0.1, 0.15) is 23.1 Å². The third kappa shape index (κ3) is 26.0. The summed E-state index contributed by atoms with van der Waals surface area (Å²) >= 11 is 5.00. The first kappa shape index (κ1) is 82.4. The van der Waals surface area contributed by atoms with Gasteiger partial charge in [0, 0.05) is 87.8 Å². The van der Waals surface area contributed by atoms with E-state index in [4.69, 9.17) is 31.8 Å². The number of nitrogen functional groups attached to an aromatic ring is 2. The van der Waals surface area contributed by atoms with E-state index in [2.05, 4.69) is 15.3 Å². The van der Waals surface area contributed by atoms with Crippen molar-refractivity contribution in [2.24, 2.45) is 17.6 Å². The summed E-state index contributed by atoms with van der Waals surface area (Å²) in [6.07, 6.45) is -5.08. The standard InChI is InChI=1S/C31H31F5N4O3.C22H23F5N2O2.C9H10N2O2.5K.H/c32-30(33)8-11-40(12-9-30)29(42)20-4-2-19(3-5-20)22-14-23(31(34,35)36)16-24(15-22)43-13-1-10-38-28(41)26-17-25(26)21-6-7-27(37)39-18-21;23-21(24)6-9-29(10-7-21)20(30)16-4-2-15(3-5-16)17-12-18(22(25,26)27)14-19(13-17)31-11-1-8-28;10-8-2-1-5(4-11-8)6-3-7(6)9(12)13;;;;;;/h2-7,14-16,18,25-26H,1,8-13,17H2,(H2,37,39)(H,38,41);2-5,12-14H,1,6-11,28H2;1-2,4,6-7H,3H2,(H2,10,11)(H,12,13);;;;;;/q;;;;;;;+1;-1/t25-,26+;;6-,7+;;;;;;/m1.1....../s1. The van der Waals surface area contributed by atoms with Gasteiger partial charge in [-0.1, -0.05) is 36.4 Å². The second kappa shape index (κ2) is 39.1. The zero-order chi connectivity index (χ0) is 66.8. The number of rotatable bonds is 17. The van der Waals surface area contributed by atoms with E-state index in [0.29, 0.717) is 60.7 Å². The molecule has 4 aromatic carbocycles. The van der Waals surface area contributed by atoms with Crippen molar-refractivity contribution in [1.29, 1.82) is 0 Å². The molecule has 15 nitrogen and oxygen atoms in total. The average molecular weight is 1420 g/mol. The molecule has 4 heterocycles. The molecule has 2 saturated heterocycles. The summed E-state index contributed by atoms with van der Waals surface area (Å²) in [5.74, 6) is -6.29. The van der Waals surface area contributed by atoms with Gasteiger partial charge in [0.2, 0.25) is 5.91 Å². The fraction of sp³-hybridized carbons (Fsp3) is 0.387. The van der Waals surface area contributed by atoms with Crippen molar-refractivity contribution in [1.82, 2.24) is 25.1 Å². The summed E-state index contributed by atoms with van der Waals surface area (Å²) in [6.45, 7) is 0.740. The number of anilines is 2. The predicted molar refractivity (Wildman–Crippen MR) is 327 cm³/mol. The maximum atomic E-state index is 13.7. The van der Waals surface area contributed by atoms with Gasteiger partial charge in [-0.25, -0.2) is 27.5 Å². The third-order valence-electron chi connectivity index (χ3n) is 15.2. The van der Waals surface area contributed by atoms with Crippen molar-refractivity contribution in [2.75, 3.05) is 63.9 Å². The molecule has 92 heavy (non-hydrogen) atoms. The first-order valence-electron chi connectivity index (χ1n) is 30.1. The number of pyridine rings is 2. The number of halogens is 10. The van der Waals surface area contributed by atoms with Crippen LogP contribution >= 0.6 is 0 Å². The Bertz CT molecular complexity index is 3370. The Kier molecular flexibility index (Phi) is 35.0. The number of nitrogens with one attached hydrogen (secondary N) is 1. The molecule has 0 spiro atoms. The number of benzene rings is 4. The normalized spacial score (nSPS) is 18.4. The van der Waals surface area contributed by atoms with E-state index in [9.17, 15) is 63.1 Å². The van der Waals surface area contributed by atoms with Gasteiger partial charge >= 0.3 is 196 Å². The molecule has 3 amide bonds. The van der Waals surface area contributed by atoms with Gasteiger partial charge in [0.15, 0.2) is 0 Å². The van der Waals surface area contributed by atoms with Crippen LogP contribution in [0.3, 0.4) is 0 Å². The van der Waals surface area contributed by atoms with E-state index in [1.165, 1.54) is 197 Å². The number of carboxylic acids is 1. The monoisotopic (exact) mass is 1420 g/mol. The second-order valence-corrected chi connectivity index (χ2v) is 21.7. The number of aromatic nitrogens is 2. The van der Waals surface area contributed by atoms with Crippen LogP contribution in [-0.2, 0) is 21.9 Å². The van der Waals surface area contributed by atoms with Gasteiger partial charge in [-0.05, 0) is 150 Å². The molecule has 8 N–H and O–H groups in total. The van der Waals surface area contributed by atoms with Crippen LogP contribution in [0.15, 0.2) is 122 Å². The Morgan fingerprint density at radius 1 is 0.576 bits per heavy atom. The minimum absolute atomic E-state index is 0. The molecular formula is C62H65F10K5N8O7. The predicted octanol–water partition coefficient (Wildman–Crippen LogP) is 7.33. The van der Waals surface area contributed by atoms with Crippen molar-refractivity contribution in [3.8, 4) is 33.8 Å². The first-order valence-corrected chi connectivity index (χ1v) is 62.1. The number of alkyl halides is 10. The van der Waals surface area contributed by atoms with E-state index < -0.39 is 60.0 Å². The summed E-state index contributed by atoms with van der Waals surface area (Å²) in [5.41, 5.74) is 18.6. The fourth-order valence-corrected chi connectivity index (χ4v) is 9.91. The van der Waals surface area contributed by atoms with Crippen LogP contribution in [-0.4, -0.2) is 239 Å². The summed E-state index contributed by atoms with van der Waals surface area (Å²) in [7, 11) is 0. The van der Waals surface area contributed by atoms with Crippen LogP contribution < -0.4 is 83.4 Å². The van der Waals surface area contributed by atoms with Crippen LogP contribution in [0.25, 0.3) is 22.3 Å². The number of ether oxygens (including phenoxy) is 2. The van der Waals surface area contributed by atoms with Crippen molar-refractivity contribution in [2.45, 2.75) is 87.4 Å². The Morgan fingerprint density at radius 3 is 1.30 bits per heavy atom. The number of nitrogens with two attached hydrogens (primary N) is 3. The molecule has 0 unspecified atom stereocenters. The Hall–Kier alpha value is -0.298. The molecule has 0 radical (unpaired) electrons. The van der Waals surface area contributed by atoms with Crippen molar-refractivity contribution >= 4 is 162 Å². The molecule has 2 aromatic heterocycles. The Balaban J connectivity index is 0.000000320. The molecule has 2 aliphatic heterocycles. The van der Waals surface area contributed by atoms with Crippen molar-refractivity contribution in [3.63, 3.8) is 0 Å². The number of aliphatic carboxylic acids is 1. The van der Waals surface area contributed by atoms with Gasteiger partial charge in [-0.2, -0.15) is 26.3 Å². The summed E-state index contributed by atoms with van der Waals surface area (Å²) in [6, 6.07) is 26.0. The quantitative estimate of drug-likeness (QED) is 0.0344. The number of carbonyl (C=O) groups is 4. The molecule has 470 valence electrons. The number of carboxylic acid groups (broad SMARTS) is 1. The van der Waals surface area contributed by atoms with Crippen LogP contribution in [0.2, 0.25) is 0 Å². The molecule has 0 bridgehead atoms. The average Bonchev–Trinajstić information content (AvgIpc) is 1.18. The summed E-state index contributed by atoms with van der Waals surface area (Å²) in [5, 5.41) is 11.5. The number of amides is 3. The van der Waals surface area contributed by atoms with E-state index in [0.717, 1.165) is 41.8 Å². The molecule has 30 heteroatoms. The molecule has 2 saturated carbocycles. The summed E-state index contributed by atoms with van der Waals surface area (Å²) in [4.78, 5) is 59.0. The molecule has 2 aliphatic carbocycles. The SMILES string of the molecule is NCCCOc1cc(-c2ccc(C(=O)N3CCC(F)(F)CC3)cc2)cc(C(F)(F)F)c1.Nc1ccc([C@H]2C[C@@H]2C(=O)NCCCOc2cc(-c3ccc(C(=O)N4CCC(F)(F)CC4)cc3)cc(C(F)(F)F)c2)cn1.Nc1ccc([C@H]2C[C@@H]2C(=O)O)cn1.[H-].[K+].[K][K].[K][K]. The number of nitrogens with zero attached hydrogens (tertiary/aromatic N) is 4. The molecule has 4 aliphatic rings. The zero-order valence-corrected chi connectivity index (χ0v) is 67.5. The van der Waals surface area contributed by atoms with Crippen molar-refractivity contribution < 1.29 is 130 Å². The van der Waals surface area contributed by atoms with Gasteiger partial charge in [0.05, 0.1) is 30.3 Å². The fourth-order valence-electron chi connectivity index (χ4n) is 9.91. The molecule has 6 aromatic rings. The van der Waals surface area contributed by atoms with E-state index in [1.807, 2.05) is 12.1 Å². The van der Waals surface area contributed by atoms with Gasteiger partial charge in [-0.3, -0.25) is 19.2 Å². The van der Waals surface area contributed by atoms with E-state index in [1.54, 1.807) is 24.5 Å². The van der Waals surface area contributed by atoms with Gasteiger partial charge in [-0.15, -0.1) is 0 Å². The van der Waals surface area contributed by atoms with Crippen molar-refractivity contribution in [3.05, 3.63) is 155 Å². The maximum absolute atomic E-state index is 13.7. The molecule has 4 fully saturated rings. The van der Waals surface area contributed by atoms with E-state index in [-0.39, 0.29) is 169 Å².